The summed E-state index contributed by atoms with van der Waals surface area (Å²) in [6.07, 6.45) is 3.66. The van der Waals surface area contributed by atoms with Gasteiger partial charge in [-0.2, -0.15) is 0 Å². The molecule has 0 atom stereocenters. The summed E-state index contributed by atoms with van der Waals surface area (Å²) < 4.78 is 7.07. The van der Waals surface area contributed by atoms with E-state index < -0.39 is 0 Å². The first-order valence-corrected chi connectivity index (χ1v) is 6.50. The molecule has 0 radical (unpaired) electrons. The highest BCUT2D eigenvalue weighted by Crippen LogP contribution is 2.25. The van der Waals surface area contributed by atoms with Crippen molar-refractivity contribution in [3.05, 3.63) is 60.4 Å². The first-order valence-electron chi connectivity index (χ1n) is 6.50. The lowest BCUT2D eigenvalue weighted by Crippen LogP contribution is -2.03. The van der Waals surface area contributed by atoms with Crippen LogP contribution in [0.2, 0.25) is 0 Å². The molecule has 0 spiro atoms. The van der Waals surface area contributed by atoms with Crippen molar-refractivity contribution in [1.82, 2.24) is 9.38 Å². The summed E-state index contributed by atoms with van der Waals surface area (Å²) in [5, 5.41) is 0. The van der Waals surface area contributed by atoms with Gasteiger partial charge in [0.25, 0.3) is 0 Å². The molecule has 0 saturated heterocycles. The van der Waals surface area contributed by atoms with Crippen LogP contribution in [0.15, 0.2) is 54.9 Å². The van der Waals surface area contributed by atoms with Crippen LogP contribution in [0.3, 0.4) is 0 Å². The normalized spacial score (nSPS) is 10.7. The van der Waals surface area contributed by atoms with Gasteiger partial charge in [-0.15, -0.1) is 0 Å². The zero-order valence-corrected chi connectivity index (χ0v) is 11.1. The van der Waals surface area contributed by atoms with Crippen LogP contribution in [0, 0.1) is 0 Å². The lowest BCUT2D eigenvalue weighted by atomic mass is 10.2. The molecule has 4 heteroatoms. The molecule has 3 rings (SSSR count). The molecule has 3 aromatic rings. The lowest BCUT2D eigenvalue weighted by Gasteiger charge is -2.01. The van der Waals surface area contributed by atoms with Crippen LogP contribution in [0.4, 0.5) is 0 Å². The van der Waals surface area contributed by atoms with E-state index in [0.29, 0.717) is 12.2 Å². The van der Waals surface area contributed by atoms with Gasteiger partial charge >= 0.3 is 5.97 Å². The Hall–Kier alpha value is -2.62. The van der Waals surface area contributed by atoms with Crippen molar-refractivity contribution in [2.45, 2.75) is 6.92 Å². The van der Waals surface area contributed by atoms with Crippen LogP contribution in [-0.4, -0.2) is 22.0 Å². The van der Waals surface area contributed by atoms with Crippen molar-refractivity contribution >= 4 is 11.5 Å². The third kappa shape index (κ3) is 2.05. The van der Waals surface area contributed by atoms with Crippen LogP contribution in [0.5, 0.6) is 0 Å². The van der Waals surface area contributed by atoms with Crippen molar-refractivity contribution in [3.8, 4) is 11.4 Å². The molecule has 0 N–H and O–H groups in total. The molecule has 0 bridgehead atoms. The van der Waals surface area contributed by atoms with Crippen LogP contribution in [-0.2, 0) is 4.74 Å². The molecule has 0 aliphatic heterocycles. The van der Waals surface area contributed by atoms with E-state index in [4.69, 9.17) is 4.74 Å². The van der Waals surface area contributed by atoms with Gasteiger partial charge in [0.05, 0.1) is 29.1 Å². The molecule has 100 valence electrons. The number of rotatable bonds is 3. The quantitative estimate of drug-likeness (QED) is 0.684. The number of esters is 1. The molecule has 0 saturated carbocycles. The van der Waals surface area contributed by atoms with Crippen LogP contribution < -0.4 is 0 Å². The van der Waals surface area contributed by atoms with Gasteiger partial charge in [-0.25, -0.2) is 4.79 Å². The highest BCUT2D eigenvalue weighted by molar-refractivity contribution is 5.99. The monoisotopic (exact) mass is 266 g/mol. The summed E-state index contributed by atoms with van der Waals surface area (Å²) in [5.41, 5.74) is 3.09. The van der Waals surface area contributed by atoms with Gasteiger partial charge in [0.1, 0.15) is 0 Å². The van der Waals surface area contributed by atoms with E-state index in [-0.39, 0.29) is 5.97 Å². The van der Waals surface area contributed by atoms with Crippen LogP contribution in [0.25, 0.3) is 16.9 Å². The summed E-state index contributed by atoms with van der Waals surface area (Å²) in [6, 6.07) is 13.3. The molecule has 0 fully saturated rings. The minimum atomic E-state index is -0.307. The lowest BCUT2D eigenvalue weighted by molar-refractivity contribution is 0.0529. The molecule has 3 aromatic heterocycles. The topological polar surface area (TPSA) is 43.6 Å². The fourth-order valence-corrected chi connectivity index (χ4v) is 2.24. The Kier molecular flexibility index (Phi) is 3.21. The molecule has 0 aliphatic carbocycles. The zero-order chi connectivity index (χ0) is 13.9. The second kappa shape index (κ2) is 5.17. The average molecular weight is 266 g/mol. The van der Waals surface area contributed by atoms with Gasteiger partial charge in [-0.05, 0) is 37.3 Å². The maximum Gasteiger partial charge on any atom is 0.340 e. The summed E-state index contributed by atoms with van der Waals surface area (Å²) in [7, 11) is 0. The largest absolute Gasteiger partial charge is 0.462 e. The maximum atomic E-state index is 12.0. The standard InChI is InChI=1S/C16H14N2O2/c1-2-20-16(19)12-11-15(13-7-3-5-9-17-13)18-10-6-4-8-14(12)18/h3-11H,2H2,1H3. The van der Waals surface area contributed by atoms with Crippen molar-refractivity contribution < 1.29 is 9.53 Å². The summed E-state index contributed by atoms with van der Waals surface area (Å²) in [5.74, 6) is -0.307. The van der Waals surface area contributed by atoms with E-state index in [9.17, 15) is 4.79 Å². The SMILES string of the molecule is CCOC(=O)c1cc(-c2ccccn2)n2ccccc12. The first-order chi connectivity index (χ1) is 9.81. The fraction of sp³-hybridized carbons (Fsp3) is 0.125. The smallest absolute Gasteiger partial charge is 0.340 e. The number of hydrogen-bond donors (Lipinski definition) is 0. The second-order valence-corrected chi connectivity index (χ2v) is 4.33. The Morgan fingerprint density at radius 3 is 2.85 bits per heavy atom. The van der Waals surface area contributed by atoms with Gasteiger partial charge in [0, 0.05) is 12.4 Å². The van der Waals surface area contributed by atoms with E-state index in [1.807, 2.05) is 53.1 Å². The predicted octanol–water partition coefficient (Wildman–Crippen LogP) is 3.18. The molecular formula is C16H14N2O2. The van der Waals surface area contributed by atoms with Gasteiger partial charge in [0.15, 0.2) is 0 Å². The number of fused-ring (bicyclic) bond motifs is 1. The Morgan fingerprint density at radius 2 is 2.10 bits per heavy atom. The van der Waals surface area contributed by atoms with Crippen LogP contribution in [0.1, 0.15) is 17.3 Å². The van der Waals surface area contributed by atoms with E-state index >= 15 is 0 Å². The third-order valence-electron chi connectivity index (χ3n) is 3.10. The zero-order valence-electron chi connectivity index (χ0n) is 11.1. The summed E-state index contributed by atoms with van der Waals surface area (Å²) >= 11 is 0. The van der Waals surface area contributed by atoms with E-state index in [0.717, 1.165) is 16.9 Å². The number of hydrogen-bond acceptors (Lipinski definition) is 3. The molecular weight excluding hydrogens is 252 g/mol. The second-order valence-electron chi connectivity index (χ2n) is 4.33. The third-order valence-corrected chi connectivity index (χ3v) is 3.10. The molecule has 0 aromatic carbocycles. The van der Waals surface area contributed by atoms with Gasteiger partial charge in [-0.1, -0.05) is 12.1 Å². The number of pyridine rings is 2. The predicted molar refractivity (Wildman–Crippen MR) is 76.6 cm³/mol. The van der Waals surface area contributed by atoms with Gasteiger partial charge in [0.2, 0.25) is 0 Å². The van der Waals surface area contributed by atoms with Crippen molar-refractivity contribution in [2.75, 3.05) is 6.61 Å². The number of ether oxygens (including phenoxy) is 1. The number of carbonyl (C=O) groups is 1. The summed E-state index contributed by atoms with van der Waals surface area (Å²) in [4.78, 5) is 16.4. The highest BCUT2D eigenvalue weighted by Gasteiger charge is 2.17. The Labute approximate surface area is 116 Å². The van der Waals surface area contributed by atoms with E-state index in [2.05, 4.69) is 4.98 Å². The molecule has 20 heavy (non-hydrogen) atoms. The molecule has 3 heterocycles. The molecule has 0 amide bonds. The van der Waals surface area contributed by atoms with Gasteiger partial charge < -0.3 is 9.14 Å². The van der Waals surface area contributed by atoms with Crippen molar-refractivity contribution in [3.63, 3.8) is 0 Å². The Bertz CT molecular complexity index is 748. The van der Waals surface area contributed by atoms with E-state index in [1.165, 1.54) is 0 Å². The van der Waals surface area contributed by atoms with Crippen molar-refractivity contribution in [1.29, 1.82) is 0 Å². The number of aromatic nitrogens is 2. The van der Waals surface area contributed by atoms with E-state index in [1.54, 1.807) is 13.1 Å². The highest BCUT2D eigenvalue weighted by atomic mass is 16.5. The Balaban J connectivity index is 2.22. The van der Waals surface area contributed by atoms with Crippen molar-refractivity contribution in [2.24, 2.45) is 0 Å². The fourth-order valence-electron chi connectivity index (χ4n) is 2.24. The minimum absolute atomic E-state index is 0.307. The molecule has 0 aliphatic rings. The first kappa shape index (κ1) is 12.4. The Morgan fingerprint density at radius 1 is 1.25 bits per heavy atom. The average Bonchev–Trinajstić information content (AvgIpc) is 2.88. The number of carbonyl (C=O) groups excluding carboxylic acids is 1. The van der Waals surface area contributed by atoms with Crippen LogP contribution >= 0.6 is 0 Å². The number of nitrogens with zero attached hydrogens (tertiary/aromatic N) is 2. The maximum absolute atomic E-state index is 12.0. The minimum Gasteiger partial charge on any atom is -0.462 e. The molecule has 4 nitrogen and oxygen atoms in total. The van der Waals surface area contributed by atoms with Gasteiger partial charge in [-0.3, -0.25) is 4.98 Å². The molecule has 0 unspecified atom stereocenters. The summed E-state index contributed by atoms with van der Waals surface area (Å²) in [6.45, 7) is 2.16.